The van der Waals surface area contributed by atoms with Gasteiger partial charge in [-0.1, -0.05) is 6.07 Å². The highest BCUT2D eigenvalue weighted by Crippen LogP contribution is 2.31. The van der Waals surface area contributed by atoms with E-state index < -0.39 is 17.3 Å². The normalized spacial score (nSPS) is 14.2. The summed E-state index contributed by atoms with van der Waals surface area (Å²) < 4.78 is 38.8. The van der Waals surface area contributed by atoms with Crippen molar-refractivity contribution in [1.82, 2.24) is 19.9 Å². The van der Waals surface area contributed by atoms with Crippen LogP contribution in [0.4, 0.5) is 30.8 Å². The Morgan fingerprint density at radius 3 is 2.60 bits per heavy atom. The molecule has 0 saturated carbocycles. The van der Waals surface area contributed by atoms with Crippen LogP contribution >= 0.6 is 0 Å². The van der Waals surface area contributed by atoms with Crippen molar-refractivity contribution < 1.29 is 13.2 Å². The molecule has 0 bridgehead atoms. The highest BCUT2D eigenvalue weighted by atomic mass is 19.4. The lowest BCUT2D eigenvalue weighted by Crippen LogP contribution is -2.20. The highest BCUT2D eigenvalue weighted by molar-refractivity contribution is 5.64. The summed E-state index contributed by atoms with van der Waals surface area (Å²) in [5, 5.41) is 2.73. The average Bonchev–Trinajstić information content (AvgIpc) is 3.22. The number of anilines is 3. The molecule has 0 atom stereocenters. The third kappa shape index (κ3) is 4.27. The molecule has 2 aromatic heterocycles. The molecule has 10 heteroatoms. The van der Waals surface area contributed by atoms with Gasteiger partial charge in [0.25, 0.3) is 5.56 Å². The first-order valence-electron chi connectivity index (χ1n) is 9.44. The predicted molar refractivity (Wildman–Crippen MR) is 107 cm³/mol. The summed E-state index contributed by atoms with van der Waals surface area (Å²) in [6.07, 6.45) is -0.646. The van der Waals surface area contributed by atoms with Gasteiger partial charge >= 0.3 is 6.18 Å². The Morgan fingerprint density at radius 1 is 1.13 bits per heavy atom. The van der Waals surface area contributed by atoms with Gasteiger partial charge in [0.1, 0.15) is 0 Å². The smallest absolute Gasteiger partial charge is 0.341 e. The summed E-state index contributed by atoms with van der Waals surface area (Å²) in [6, 6.07) is 5.97. The van der Waals surface area contributed by atoms with Crippen molar-refractivity contribution in [2.24, 2.45) is 0 Å². The van der Waals surface area contributed by atoms with E-state index in [1.54, 1.807) is 13.1 Å². The highest BCUT2D eigenvalue weighted by Gasteiger charge is 2.30. The monoisotopic (exact) mass is 416 g/mol. The van der Waals surface area contributed by atoms with Crippen molar-refractivity contribution >= 4 is 17.6 Å². The van der Waals surface area contributed by atoms with E-state index in [1.807, 2.05) is 0 Å². The van der Waals surface area contributed by atoms with Crippen molar-refractivity contribution in [2.75, 3.05) is 23.3 Å². The molecule has 1 fully saturated rings. The van der Waals surface area contributed by atoms with E-state index >= 15 is 0 Å². The SMILES string of the molecule is Cc1nc(N2CCCC2)ncc1-c1cc(=O)[nH]c(Nc2cccc(C(F)(F)F)c2)n1. The van der Waals surface area contributed by atoms with Crippen LogP contribution in [0, 0.1) is 6.92 Å². The van der Waals surface area contributed by atoms with Gasteiger partial charge in [0.05, 0.1) is 17.0 Å². The minimum atomic E-state index is -4.47. The Labute approximate surface area is 170 Å². The molecule has 2 N–H and O–H groups in total. The van der Waals surface area contributed by atoms with E-state index in [0.717, 1.165) is 38.1 Å². The first kappa shape index (κ1) is 19.9. The maximum absolute atomic E-state index is 12.9. The Bertz CT molecular complexity index is 1120. The van der Waals surface area contributed by atoms with Crippen LogP contribution < -0.4 is 15.8 Å². The summed E-state index contributed by atoms with van der Waals surface area (Å²) in [5.74, 6) is 0.667. The molecule has 0 amide bonds. The molecular weight excluding hydrogens is 397 g/mol. The molecule has 0 unspecified atom stereocenters. The average molecular weight is 416 g/mol. The molecule has 0 aliphatic carbocycles. The Balaban J connectivity index is 1.63. The fourth-order valence-electron chi connectivity index (χ4n) is 3.34. The Hall–Kier alpha value is -3.43. The lowest BCUT2D eigenvalue weighted by molar-refractivity contribution is -0.137. The maximum Gasteiger partial charge on any atom is 0.416 e. The van der Waals surface area contributed by atoms with E-state index in [9.17, 15) is 18.0 Å². The van der Waals surface area contributed by atoms with Crippen LogP contribution in [-0.2, 0) is 6.18 Å². The topological polar surface area (TPSA) is 86.8 Å². The van der Waals surface area contributed by atoms with Crippen LogP contribution in [0.3, 0.4) is 0 Å². The van der Waals surface area contributed by atoms with Gasteiger partial charge < -0.3 is 10.2 Å². The van der Waals surface area contributed by atoms with Crippen molar-refractivity contribution in [3.8, 4) is 11.3 Å². The van der Waals surface area contributed by atoms with Gasteiger partial charge in [0.15, 0.2) is 0 Å². The predicted octanol–water partition coefficient (Wildman–Crippen LogP) is 3.90. The third-order valence-electron chi connectivity index (χ3n) is 4.83. The molecule has 3 aromatic rings. The third-order valence-corrected chi connectivity index (χ3v) is 4.83. The summed E-state index contributed by atoms with van der Waals surface area (Å²) in [4.78, 5) is 30.0. The van der Waals surface area contributed by atoms with Gasteiger partial charge in [-0.25, -0.2) is 15.0 Å². The van der Waals surface area contributed by atoms with Crippen LogP contribution in [0.1, 0.15) is 24.1 Å². The first-order chi connectivity index (χ1) is 14.3. The number of nitrogens with zero attached hydrogens (tertiary/aromatic N) is 4. The van der Waals surface area contributed by atoms with E-state index in [2.05, 4.69) is 30.2 Å². The molecule has 1 aliphatic rings. The number of hydrogen-bond acceptors (Lipinski definition) is 6. The summed E-state index contributed by atoms with van der Waals surface area (Å²) >= 11 is 0. The van der Waals surface area contributed by atoms with Crippen LogP contribution in [0.2, 0.25) is 0 Å². The van der Waals surface area contributed by atoms with Gasteiger partial charge in [-0.3, -0.25) is 9.78 Å². The number of aryl methyl sites for hydroxylation is 1. The maximum atomic E-state index is 12.9. The van der Waals surface area contributed by atoms with Crippen LogP contribution in [0.25, 0.3) is 11.3 Å². The van der Waals surface area contributed by atoms with Crippen molar-refractivity contribution in [1.29, 1.82) is 0 Å². The van der Waals surface area contributed by atoms with Gasteiger partial charge in [-0.2, -0.15) is 13.2 Å². The molecule has 0 spiro atoms. The lowest BCUT2D eigenvalue weighted by atomic mass is 10.1. The summed E-state index contributed by atoms with van der Waals surface area (Å²) in [6.45, 7) is 3.62. The van der Waals surface area contributed by atoms with Gasteiger partial charge in [0.2, 0.25) is 11.9 Å². The quantitative estimate of drug-likeness (QED) is 0.671. The molecule has 4 rings (SSSR count). The summed E-state index contributed by atoms with van der Waals surface area (Å²) in [7, 11) is 0. The number of H-pyrrole nitrogens is 1. The Kier molecular flexibility index (Phi) is 5.15. The number of benzene rings is 1. The Morgan fingerprint density at radius 2 is 1.90 bits per heavy atom. The largest absolute Gasteiger partial charge is 0.416 e. The zero-order valence-electron chi connectivity index (χ0n) is 16.1. The molecule has 156 valence electrons. The van der Waals surface area contributed by atoms with Crippen LogP contribution in [0.5, 0.6) is 0 Å². The second kappa shape index (κ2) is 7.77. The van der Waals surface area contributed by atoms with Gasteiger partial charge in [-0.05, 0) is 38.0 Å². The zero-order valence-corrected chi connectivity index (χ0v) is 16.1. The van der Waals surface area contributed by atoms with Gasteiger partial charge in [-0.15, -0.1) is 0 Å². The minimum absolute atomic E-state index is 0.0276. The van der Waals surface area contributed by atoms with Crippen LogP contribution in [0.15, 0.2) is 41.3 Å². The number of nitrogens with one attached hydrogen (secondary N) is 2. The summed E-state index contributed by atoms with van der Waals surface area (Å²) in [5.41, 5.74) is 0.484. The molecule has 1 aliphatic heterocycles. The van der Waals surface area contributed by atoms with Crippen LogP contribution in [-0.4, -0.2) is 33.0 Å². The minimum Gasteiger partial charge on any atom is -0.341 e. The second-order valence-corrected chi connectivity index (χ2v) is 7.05. The molecule has 0 radical (unpaired) electrons. The lowest BCUT2D eigenvalue weighted by Gasteiger charge is -2.16. The van der Waals surface area contributed by atoms with Gasteiger partial charge in [0, 0.05) is 36.6 Å². The molecule has 1 saturated heterocycles. The fraction of sp³-hybridized carbons (Fsp3) is 0.300. The standard InChI is InChI=1S/C20H19F3N6O/c1-12-15(11-24-19(25-12)29-7-2-3-8-29)16-10-17(30)28-18(27-16)26-14-6-4-5-13(9-14)20(21,22)23/h4-6,9-11H,2-3,7-8H2,1H3,(H2,26,27,28,30). The zero-order chi connectivity index (χ0) is 21.3. The fourth-order valence-corrected chi connectivity index (χ4v) is 3.34. The first-order valence-corrected chi connectivity index (χ1v) is 9.44. The number of hydrogen-bond donors (Lipinski definition) is 2. The number of aromatic amines is 1. The van der Waals surface area contributed by atoms with E-state index in [4.69, 9.17) is 0 Å². The number of rotatable bonds is 4. The second-order valence-electron chi connectivity index (χ2n) is 7.05. The molecule has 1 aromatic carbocycles. The van der Waals surface area contributed by atoms with E-state index in [0.29, 0.717) is 22.9 Å². The molecule has 30 heavy (non-hydrogen) atoms. The number of alkyl halides is 3. The van der Waals surface area contributed by atoms with Crippen molar-refractivity contribution in [3.05, 3.63) is 58.1 Å². The number of aromatic nitrogens is 4. The molecule has 7 nitrogen and oxygen atoms in total. The number of halogens is 3. The van der Waals surface area contributed by atoms with Crippen molar-refractivity contribution in [2.45, 2.75) is 25.9 Å². The molecular formula is C20H19F3N6O. The van der Waals surface area contributed by atoms with E-state index in [-0.39, 0.29) is 11.6 Å². The van der Waals surface area contributed by atoms with Crippen molar-refractivity contribution in [3.63, 3.8) is 0 Å². The van der Waals surface area contributed by atoms with E-state index in [1.165, 1.54) is 18.2 Å². The molecule has 3 heterocycles.